The van der Waals surface area contributed by atoms with Gasteiger partial charge in [-0.05, 0) is 24.1 Å². The first kappa shape index (κ1) is 20.4. The van der Waals surface area contributed by atoms with Crippen molar-refractivity contribution in [1.29, 1.82) is 0 Å². The number of rotatable bonds is 6. The van der Waals surface area contributed by atoms with Gasteiger partial charge in [0.2, 0.25) is 0 Å². The topological polar surface area (TPSA) is 116 Å². The van der Waals surface area contributed by atoms with Gasteiger partial charge in [0, 0.05) is 36.6 Å². The summed E-state index contributed by atoms with van der Waals surface area (Å²) in [5, 5.41) is 3.36. The first-order chi connectivity index (χ1) is 16.1. The molecule has 164 valence electrons. The predicted octanol–water partition coefficient (Wildman–Crippen LogP) is 3.76. The number of aromatic nitrogens is 6. The van der Waals surface area contributed by atoms with Crippen LogP contribution in [0.5, 0.6) is 5.75 Å². The summed E-state index contributed by atoms with van der Waals surface area (Å²) in [6.07, 6.45) is 7.01. The highest BCUT2D eigenvalue weighted by molar-refractivity contribution is 5.73. The number of nitrogens with zero attached hydrogens (tertiary/aromatic N) is 6. The fraction of sp³-hybridized carbons (Fsp3) is 0.125. The summed E-state index contributed by atoms with van der Waals surface area (Å²) in [7, 11) is 1.64. The lowest BCUT2D eigenvalue weighted by Crippen LogP contribution is -2.03. The van der Waals surface area contributed by atoms with Gasteiger partial charge >= 0.3 is 0 Å². The van der Waals surface area contributed by atoms with E-state index < -0.39 is 0 Å². The molecule has 0 aliphatic carbocycles. The molecule has 0 aliphatic rings. The first-order valence-corrected chi connectivity index (χ1v) is 10.4. The normalized spacial score (nSPS) is 11.0. The maximum absolute atomic E-state index is 6.04. The quantitative estimate of drug-likeness (QED) is 0.412. The molecule has 0 amide bonds. The molecule has 0 aliphatic heterocycles. The number of hydrogen-bond acceptors (Lipinski definition) is 8. The second-order valence-electron chi connectivity index (χ2n) is 7.49. The molecule has 9 nitrogen and oxygen atoms in total. The number of ether oxygens (including phenoxy) is 1. The molecule has 4 heterocycles. The Balaban J connectivity index is 1.31. The van der Waals surface area contributed by atoms with Crippen LogP contribution >= 0.6 is 0 Å². The number of nitrogens with one attached hydrogen (secondary N) is 1. The lowest BCUT2D eigenvalue weighted by molar-refractivity contribution is 0.414. The largest absolute Gasteiger partial charge is 0.497 e. The Bertz CT molecular complexity index is 1430. The van der Waals surface area contributed by atoms with Gasteiger partial charge in [-0.25, -0.2) is 24.9 Å². The minimum atomic E-state index is 0.479. The van der Waals surface area contributed by atoms with E-state index in [1.165, 1.54) is 0 Å². The number of imidazole rings is 1. The summed E-state index contributed by atoms with van der Waals surface area (Å²) in [6, 6.07) is 13.8. The molecule has 0 atom stereocenters. The van der Waals surface area contributed by atoms with Crippen molar-refractivity contribution in [3.63, 3.8) is 0 Å². The standard InChI is InChI=1S/C24H22N8O/c1-15-26-12-19(24(25)31-15)17-5-3-16(4-6-17)11-27-22-10-20(29-14-30-22)21-13-28-23-9-18(33-2)7-8-32(21)23/h3-10,12-14H,11H2,1-2H3,(H2,25,26,31)(H,27,29,30). The lowest BCUT2D eigenvalue weighted by atomic mass is 10.1. The SMILES string of the molecule is COc1ccn2c(-c3cc(NCc4ccc(-c5cnc(C)nc5N)cc4)ncn3)cnc2c1. The zero-order valence-electron chi connectivity index (χ0n) is 18.2. The van der Waals surface area contributed by atoms with Gasteiger partial charge in [-0.1, -0.05) is 24.3 Å². The molecule has 1 aromatic carbocycles. The van der Waals surface area contributed by atoms with Gasteiger partial charge in [0.15, 0.2) is 0 Å². The Morgan fingerprint density at radius 2 is 1.85 bits per heavy atom. The molecule has 5 rings (SSSR count). The van der Waals surface area contributed by atoms with Gasteiger partial charge in [-0.3, -0.25) is 4.40 Å². The van der Waals surface area contributed by atoms with Crippen molar-refractivity contribution in [3.8, 4) is 28.3 Å². The van der Waals surface area contributed by atoms with E-state index >= 15 is 0 Å². The highest BCUT2D eigenvalue weighted by Crippen LogP contribution is 2.25. The van der Waals surface area contributed by atoms with Crippen LogP contribution in [0, 0.1) is 6.92 Å². The van der Waals surface area contributed by atoms with Crippen LogP contribution in [0.25, 0.3) is 28.2 Å². The summed E-state index contributed by atoms with van der Waals surface area (Å²) in [5.41, 5.74) is 11.4. The number of anilines is 2. The summed E-state index contributed by atoms with van der Waals surface area (Å²) in [4.78, 5) is 21.7. The molecule has 0 fully saturated rings. The van der Waals surface area contributed by atoms with Crippen LogP contribution in [0.2, 0.25) is 0 Å². The van der Waals surface area contributed by atoms with E-state index in [2.05, 4.69) is 30.2 Å². The zero-order chi connectivity index (χ0) is 22.8. The van der Waals surface area contributed by atoms with Gasteiger partial charge in [-0.2, -0.15) is 0 Å². The van der Waals surface area contributed by atoms with Crippen molar-refractivity contribution in [2.24, 2.45) is 0 Å². The van der Waals surface area contributed by atoms with E-state index in [0.717, 1.165) is 45.3 Å². The van der Waals surface area contributed by atoms with E-state index in [1.807, 2.05) is 60.0 Å². The van der Waals surface area contributed by atoms with Crippen molar-refractivity contribution in [2.75, 3.05) is 18.2 Å². The Morgan fingerprint density at radius 1 is 1.00 bits per heavy atom. The number of benzene rings is 1. The molecule has 0 saturated carbocycles. The van der Waals surface area contributed by atoms with Crippen molar-refractivity contribution in [2.45, 2.75) is 13.5 Å². The molecular formula is C24H22N8O. The predicted molar refractivity (Wildman–Crippen MR) is 127 cm³/mol. The van der Waals surface area contributed by atoms with E-state index in [1.54, 1.807) is 25.8 Å². The molecule has 4 aromatic heterocycles. The Kier molecular flexibility index (Phi) is 5.27. The monoisotopic (exact) mass is 438 g/mol. The van der Waals surface area contributed by atoms with Crippen molar-refractivity contribution in [3.05, 3.63) is 78.8 Å². The van der Waals surface area contributed by atoms with Crippen molar-refractivity contribution < 1.29 is 4.74 Å². The molecule has 33 heavy (non-hydrogen) atoms. The molecule has 0 unspecified atom stereocenters. The zero-order valence-corrected chi connectivity index (χ0v) is 18.2. The number of aryl methyl sites for hydroxylation is 1. The second-order valence-corrected chi connectivity index (χ2v) is 7.49. The Hall–Kier alpha value is -4.53. The van der Waals surface area contributed by atoms with Crippen LogP contribution in [0.4, 0.5) is 11.6 Å². The smallest absolute Gasteiger partial charge is 0.140 e. The molecule has 3 N–H and O–H groups in total. The van der Waals surface area contributed by atoms with Gasteiger partial charge in [-0.15, -0.1) is 0 Å². The van der Waals surface area contributed by atoms with E-state index in [-0.39, 0.29) is 0 Å². The average Bonchev–Trinajstić information content (AvgIpc) is 3.27. The summed E-state index contributed by atoms with van der Waals surface area (Å²) >= 11 is 0. The summed E-state index contributed by atoms with van der Waals surface area (Å²) in [6.45, 7) is 2.43. The van der Waals surface area contributed by atoms with E-state index in [0.29, 0.717) is 18.2 Å². The number of fused-ring (bicyclic) bond motifs is 1. The third kappa shape index (κ3) is 4.16. The van der Waals surface area contributed by atoms with E-state index in [4.69, 9.17) is 10.5 Å². The summed E-state index contributed by atoms with van der Waals surface area (Å²) in [5.74, 6) is 2.62. The maximum atomic E-state index is 6.04. The van der Waals surface area contributed by atoms with Gasteiger partial charge in [0.1, 0.15) is 35.2 Å². The van der Waals surface area contributed by atoms with Crippen molar-refractivity contribution >= 4 is 17.3 Å². The Morgan fingerprint density at radius 3 is 2.64 bits per heavy atom. The third-order valence-electron chi connectivity index (χ3n) is 5.33. The molecule has 0 saturated heterocycles. The van der Waals surface area contributed by atoms with Crippen molar-refractivity contribution in [1.82, 2.24) is 29.3 Å². The third-order valence-corrected chi connectivity index (χ3v) is 5.33. The lowest BCUT2D eigenvalue weighted by Gasteiger charge is -2.09. The second kappa shape index (κ2) is 8.54. The average molecular weight is 438 g/mol. The molecule has 5 aromatic rings. The van der Waals surface area contributed by atoms with Crippen LogP contribution in [-0.4, -0.2) is 36.4 Å². The highest BCUT2D eigenvalue weighted by Gasteiger charge is 2.10. The number of hydrogen-bond donors (Lipinski definition) is 2. The van der Waals surface area contributed by atoms with Gasteiger partial charge < -0.3 is 15.8 Å². The fourth-order valence-electron chi connectivity index (χ4n) is 3.58. The van der Waals surface area contributed by atoms with E-state index in [9.17, 15) is 0 Å². The van der Waals surface area contributed by atoms with Crippen LogP contribution in [0.3, 0.4) is 0 Å². The van der Waals surface area contributed by atoms with Crippen LogP contribution in [0.1, 0.15) is 11.4 Å². The fourth-order valence-corrected chi connectivity index (χ4v) is 3.58. The Labute approximate surface area is 190 Å². The molecule has 0 bridgehead atoms. The highest BCUT2D eigenvalue weighted by atomic mass is 16.5. The molecule has 0 radical (unpaired) electrons. The van der Waals surface area contributed by atoms with Crippen LogP contribution in [0.15, 0.2) is 67.4 Å². The van der Waals surface area contributed by atoms with Gasteiger partial charge in [0.05, 0.1) is 24.7 Å². The number of nitrogens with two attached hydrogens (primary N) is 1. The molecule has 0 spiro atoms. The minimum Gasteiger partial charge on any atom is -0.497 e. The maximum Gasteiger partial charge on any atom is 0.140 e. The molecule has 9 heteroatoms. The van der Waals surface area contributed by atoms with Crippen LogP contribution in [-0.2, 0) is 6.54 Å². The summed E-state index contributed by atoms with van der Waals surface area (Å²) < 4.78 is 7.24. The van der Waals surface area contributed by atoms with Crippen LogP contribution < -0.4 is 15.8 Å². The number of pyridine rings is 1. The number of methoxy groups -OCH3 is 1. The minimum absolute atomic E-state index is 0.479. The number of nitrogen functional groups attached to an aromatic ring is 1. The molecular weight excluding hydrogens is 416 g/mol. The first-order valence-electron chi connectivity index (χ1n) is 10.4. The van der Waals surface area contributed by atoms with Gasteiger partial charge in [0.25, 0.3) is 0 Å².